The number of methoxy groups -OCH3 is 1. The second kappa shape index (κ2) is 7.77. The third-order valence-corrected chi connectivity index (χ3v) is 4.45. The predicted molar refractivity (Wildman–Crippen MR) is 83.9 cm³/mol. The summed E-state index contributed by atoms with van der Waals surface area (Å²) in [7, 11) is 3.89. The molecular weight excluding hydrogens is 248 g/mol. The molecule has 1 aromatic carbocycles. The Labute approximate surface area is 123 Å². The molecule has 0 saturated carbocycles. The van der Waals surface area contributed by atoms with Crippen LogP contribution >= 0.6 is 0 Å². The third kappa shape index (κ3) is 4.05. The van der Waals surface area contributed by atoms with Gasteiger partial charge in [-0.2, -0.15) is 0 Å². The Hall–Kier alpha value is -0.900. The molecule has 1 aliphatic rings. The van der Waals surface area contributed by atoms with Crippen LogP contribution in [0.1, 0.15) is 31.4 Å². The highest BCUT2D eigenvalue weighted by Crippen LogP contribution is 2.23. The fourth-order valence-electron chi connectivity index (χ4n) is 3.28. The van der Waals surface area contributed by atoms with Crippen molar-refractivity contribution in [3.05, 3.63) is 35.9 Å². The van der Waals surface area contributed by atoms with E-state index in [0.29, 0.717) is 18.1 Å². The lowest BCUT2D eigenvalue weighted by Crippen LogP contribution is -2.41. The maximum absolute atomic E-state index is 5.44. The first-order valence-electron chi connectivity index (χ1n) is 7.72. The zero-order valence-electron chi connectivity index (χ0n) is 13.0. The maximum Gasteiger partial charge on any atom is 0.0595 e. The van der Waals surface area contributed by atoms with Crippen LogP contribution in [0.2, 0.25) is 0 Å². The van der Waals surface area contributed by atoms with Crippen molar-refractivity contribution < 1.29 is 4.74 Å². The van der Waals surface area contributed by atoms with Gasteiger partial charge in [-0.05, 0) is 31.4 Å². The van der Waals surface area contributed by atoms with Crippen molar-refractivity contribution in [2.24, 2.45) is 5.92 Å². The van der Waals surface area contributed by atoms with Gasteiger partial charge < -0.3 is 15.0 Å². The zero-order chi connectivity index (χ0) is 14.4. The van der Waals surface area contributed by atoms with Crippen LogP contribution in [-0.2, 0) is 4.74 Å². The fraction of sp³-hybridized carbons (Fsp3) is 0.647. The number of likely N-dealkylation sites (tertiary alicyclic amines) is 1. The molecule has 0 aromatic heterocycles. The molecule has 3 nitrogen and oxygen atoms in total. The lowest BCUT2D eigenvalue weighted by Gasteiger charge is -2.35. The number of rotatable bonds is 6. The molecule has 1 saturated heterocycles. The van der Waals surface area contributed by atoms with E-state index in [1.165, 1.54) is 18.4 Å². The van der Waals surface area contributed by atoms with Crippen LogP contribution < -0.4 is 5.32 Å². The maximum atomic E-state index is 5.44. The van der Waals surface area contributed by atoms with E-state index < -0.39 is 0 Å². The largest absolute Gasteiger partial charge is 0.381 e. The summed E-state index contributed by atoms with van der Waals surface area (Å²) in [5.41, 5.74) is 1.38. The zero-order valence-corrected chi connectivity index (χ0v) is 13.0. The van der Waals surface area contributed by atoms with E-state index in [4.69, 9.17) is 4.74 Å². The van der Waals surface area contributed by atoms with Crippen LogP contribution in [0, 0.1) is 5.92 Å². The molecule has 0 radical (unpaired) electrons. The van der Waals surface area contributed by atoms with E-state index in [-0.39, 0.29) is 0 Å². The van der Waals surface area contributed by atoms with Gasteiger partial charge in [-0.3, -0.25) is 0 Å². The lowest BCUT2D eigenvalue weighted by atomic mass is 9.93. The fourth-order valence-corrected chi connectivity index (χ4v) is 3.28. The van der Waals surface area contributed by atoms with Crippen LogP contribution in [0.15, 0.2) is 30.3 Å². The molecule has 1 aromatic rings. The molecule has 0 amide bonds. The SMILES string of the molecule is CNC(c1ccccc1)C(C)CN1CCC(OC)CC1. The number of nitrogens with one attached hydrogen (secondary N) is 1. The highest BCUT2D eigenvalue weighted by molar-refractivity contribution is 5.19. The van der Waals surface area contributed by atoms with Gasteiger partial charge >= 0.3 is 0 Å². The average Bonchev–Trinajstić information content (AvgIpc) is 2.50. The molecule has 2 unspecified atom stereocenters. The second-order valence-corrected chi connectivity index (χ2v) is 5.89. The van der Waals surface area contributed by atoms with Crippen molar-refractivity contribution >= 4 is 0 Å². The molecule has 3 heteroatoms. The van der Waals surface area contributed by atoms with E-state index in [1.54, 1.807) is 0 Å². The molecule has 112 valence electrons. The molecular formula is C17H28N2O. The number of nitrogens with zero attached hydrogens (tertiary/aromatic N) is 1. The highest BCUT2D eigenvalue weighted by Gasteiger charge is 2.23. The third-order valence-electron chi connectivity index (χ3n) is 4.45. The van der Waals surface area contributed by atoms with Gasteiger partial charge in [0.1, 0.15) is 0 Å². The molecule has 20 heavy (non-hydrogen) atoms. The molecule has 1 aliphatic heterocycles. The molecule has 0 bridgehead atoms. The predicted octanol–water partition coefficient (Wildman–Crippen LogP) is 2.69. The number of benzene rings is 1. The van der Waals surface area contributed by atoms with E-state index in [9.17, 15) is 0 Å². The summed E-state index contributed by atoms with van der Waals surface area (Å²) < 4.78 is 5.44. The quantitative estimate of drug-likeness (QED) is 0.864. The summed E-state index contributed by atoms with van der Waals surface area (Å²) in [6.45, 7) is 5.82. The summed E-state index contributed by atoms with van der Waals surface area (Å²) in [6.07, 6.45) is 2.80. The first-order valence-corrected chi connectivity index (χ1v) is 7.72. The molecule has 0 spiro atoms. The molecule has 2 rings (SSSR count). The summed E-state index contributed by atoms with van der Waals surface area (Å²) in [5.74, 6) is 0.599. The Morgan fingerprint density at radius 1 is 1.25 bits per heavy atom. The molecule has 1 N–H and O–H groups in total. The Balaban J connectivity index is 1.88. The number of hydrogen-bond acceptors (Lipinski definition) is 3. The highest BCUT2D eigenvalue weighted by atomic mass is 16.5. The van der Waals surface area contributed by atoms with Gasteiger partial charge in [-0.1, -0.05) is 37.3 Å². The van der Waals surface area contributed by atoms with Crippen molar-refractivity contribution in [1.29, 1.82) is 0 Å². The van der Waals surface area contributed by atoms with Crippen molar-refractivity contribution in [1.82, 2.24) is 10.2 Å². The van der Waals surface area contributed by atoms with Crippen LogP contribution in [0.25, 0.3) is 0 Å². The van der Waals surface area contributed by atoms with Gasteiger partial charge in [-0.15, -0.1) is 0 Å². The Morgan fingerprint density at radius 3 is 2.45 bits per heavy atom. The van der Waals surface area contributed by atoms with Crippen LogP contribution in [0.5, 0.6) is 0 Å². The van der Waals surface area contributed by atoms with Gasteiger partial charge in [0.15, 0.2) is 0 Å². The second-order valence-electron chi connectivity index (χ2n) is 5.89. The lowest BCUT2D eigenvalue weighted by molar-refractivity contribution is 0.0356. The topological polar surface area (TPSA) is 24.5 Å². The monoisotopic (exact) mass is 276 g/mol. The van der Waals surface area contributed by atoms with Crippen LogP contribution in [0.3, 0.4) is 0 Å². The molecule has 0 aliphatic carbocycles. The standard InChI is InChI=1S/C17H28N2O/c1-14(13-19-11-9-16(20-3)10-12-19)17(18-2)15-7-5-4-6-8-15/h4-8,14,16-18H,9-13H2,1-3H3. The number of hydrogen-bond donors (Lipinski definition) is 1. The van der Waals surface area contributed by atoms with Gasteiger partial charge in [-0.25, -0.2) is 0 Å². The van der Waals surface area contributed by atoms with E-state index in [2.05, 4.69) is 54.5 Å². The van der Waals surface area contributed by atoms with Crippen LogP contribution in [-0.4, -0.2) is 44.8 Å². The summed E-state index contributed by atoms with van der Waals surface area (Å²) in [5, 5.41) is 3.48. The van der Waals surface area contributed by atoms with Crippen molar-refractivity contribution in [2.45, 2.75) is 31.9 Å². The molecule has 1 fully saturated rings. The smallest absolute Gasteiger partial charge is 0.0595 e. The van der Waals surface area contributed by atoms with Gasteiger partial charge in [0, 0.05) is 32.8 Å². The van der Waals surface area contributed by atoms with Gasteiger partial charge in [0.2, 0.25) is 0 Å². The number of piperidine rings is 1. The van der Waals surface area contributed by atoms with Gasteiger partial charge in [0.05, 0.1) is 6.10 Å². The minimum atomic E-state index is 0.427. The van der Waals surface area contributed by atoms with Crippen molar-refractivity contribution in [2.75, 3.05) is 33.8 Å². The minimum Gasteiger partial charge on any atom is -0.381 e. The summed E-state index contributed by atoms with van der Waals surface area (Å²) in [6, 6.07) is 11.2. The van der Waals surface area contributed by atoms with Gasteiger partial charge in [0.25, 0.3) is 0 Å². The molecule has 2 atom stereocenters. The van der Waals surface area contributed by atoms with Crippen molar-refractivity contribution in [3.8, 4) is 0 Å². The summed E-state index contributed by atoms with van der Waals surface area (Å²) in [4.78, 5) is 2.58. The van der Waals surface area contributed by atoms with E-state index >= 15 is 0 Å². The van der Waals surface area contributed by atoms with E-state index in [1.807, 2.05) is 7.11 Å². The normalized spacial score (nSPS) is 20.8. The Kier molecular flexibility index (Phi) is 6.02. The Bertz CT molecular complexity index is 374. The summed E-state index contributed by atoms with van der Waals surface area (Å²) >= 11 is 0. The minimum absolute atomic E-state index is 0.427. The first-order chi connectivity index (χ1) is 9.74. The molecule has 1 heterocycles. The first kappa shape index (κ1) is 15.5. The van der Waals surface area contributed by atoms with E-state index in [0.717, 1.165) is 19.6 Å². The average molecular weight is 276 g/mol. The van der Waals surface area contributed by atoms with Crippen molar-refractivity contribution in [3.63, 3.8) is 0 Å². The van der Waals surface area contributed by atoms with Crippen LogP contribution in [0.4, 0.5) is 0 Å². The Morgan fingerprint density at radius 2 is 1.90 bits per heavy atom. The number of ether oxygens (including phenoxy) is 1.